The number of hydrogen-bond donors (Lipinski definition) is 2. The maximum absolute atomic E-state index is 9.22. The van der Waals surface area contributed by atoms with Gasteiger partial charge in [-0.2, -0.15) is 5.26 Å². The van der Waals surface area contributed by atoms with Crippen LogP contribution in [-0.4, -0.2) is 22.9 Å². The lowest BCUT2D eigenvalue weighted by Gasteiger charge is -2.26. The molecular weight excluding hydrogens is 154 g/mol. The molecule has 2 N–H and O–H groups in total. The summed E-state index contributed by atoms with van der Waals surface area (Å²) in [7, 11) is 0. The van der Waals surface area contributed by atoms with Crippen LogP contribution in [0, 0.1) is 23.2 Å². The summed E-state index contributed by atoms with van der Waals surface area (Å²) in [6.45, 7) is 0.0494. The Bertz CT molecular complexity index is 207. The van der Waals surface area contributed by atoms with Gasteiger partial charge in [0.2, 0.25) is 0 Å². The van der Waals surface area contributed by atoms with Crippen molar-refractivity contribution in [2.45, 2.75) is 18.9 Å². The average molecular weight is 167 g/mol. The third kappa shape index (κ3) is 2.07. The number of nitriles is 1. The standard InChI is InChI=1S/C9H13NO2/c10-4-3-7-1-2-9(12)5-8(7)6-11/h1-2,7-9,11-12H,3,5-6H2/t7-,8-,9+/m0/s1. The van der Waals surface area contributed by atoms with Crippen LogP contribution in [0.2, 0.25) is 0 Å². The Morgan fingerprint density at radius 1 is 1.50 bits per heavy atom. The van der Waals surface area contributed by atoms with Crippen LogP contribution in [0.4, 0.5) is 0 Å². The molecule has 0 heterocycles. The van der Waals surface area contributed by atoms with Gasteiger partial charge in [0.25, 0.3) is 0 Å². The first-order valence-electron chi connectivity index (χ1n) is 4.12. The summed E-state index contributed by atoms with van der Waals surface area (Å²) in [5.41, 5.74) is 0. The van der Waals surface area contributed by atoms with Crippen LogP contribution in [-0.2, 0) is 0 Å². The van der Waals surface area contributed by atoms with E-state index in [9.17, 15) is 5.11 Å². The molecule has 3 atom stereocenters. The molecule has 0 bridgehead atoms. The van der Waals surface area contributed by atoms with E-state index in [0.717, 1.165) is 0 Å². The van der Waals surface area contributed by atoms with Crippen molar-refractivity contribution >= 4 is 0 Å². The van der Waals surface area contributed by atoms with Crippen molar-refractivity contribution in [1.29, 1.82) is 5.26 Å². The van der Waals surface area contributed by atoms with Crippen LogP contribution < -0.4 is 0 Å². The monoisotopic (exact) mass is 167 g/mol. The van der Waals surface area contributed by atoms with Gasteiger partial charge in [-0.3, -0.25) is 0 Å². The van der Waals surface area contributed by atoms with Crippen molar-refractivity contribution in [1.82, 2.24) is 0 Å². The zero-order valence-electron chi connectivity index (χ0n) is 6.85. The Kier molecular flexibility index (Phi) is 3.27. The van der Waals surface area contributed by atoms with Crippen molar-refractivity contribution in [3.8, 4) is 6.07 Å². The Hall–Kier alpha value is -0.850. The Morgan fingerprint density at radius 3 is 2.83 bits per heavy atom. The molecule has 0 aromatic heterocycles. The van der Waals surface area contributed by atoms with Crippen molar-refractivity contribution in [2.75, 3.05) is 6.61 Å². The van der Waals surface area contributed by atoms with Crippen LogP contribution in [0.3, 0.4) is 0 Å². The SMILES string of the molecule is N#CC[C@@H]1C=C[C@@H](O)C[C@H]1CO. The van der Waals surface area contributed by atoms with E-state index in [4.69, 9.17) is 10.4 Å². The topological polar surface area (TPSA) is 64.2 Å². The Balaban J connectivity index is 2.59. The van der Waals surface area contributed by atoms with Gasteiger partial charge < -0.3 is 10.2 Å². The summed E-state index contributed by atoms with van der Waals surface area (Å²) in [5.74, 6) is 0.160. The van der Waals surface area contributed by atoms with E-state index in [1.807, 2.05) is 6.08 Å². The fraction of sp³-hybridized carbons (Fsp3) is 0.667. The maximum Gasteiger partial charge on any atom is 0.0724 e. The molecule has 0 radical (unpaired) electrons. The van der Waals surface area contributed by atoms with E-state index in [0.29, 0.717) is 12.8 Å². The van der Waals surface area contributed by atoms with Gasteiger partial charge in [-0.25, -0.2) is 0 Å². The second-order valence-electron chi connectivity index (χ2n) is 3.16. The number of hydrogen-bond acceptors (Lipinski definition) is 3. The second-order valence-corrected chi connectivity index (χ2v) is 3.16. The minimum absolute atomic E-state index is 0.0460. The average Bonchev–Trinajstić information content (AvgIpc) is 2.08. The largest absolute Gasteiger partial charge is 0.396 e. The predicted octanol–water partition coefficient (Wildman–Crippen LogP) is 0.446. The predicted molar refractivity (Wildman–Crippen MR) is 44.1 cm³/mol. The first kappa shape index (κ1) is 9.24. The quantitative estimate of drug-likeness (QED) is 0.587. The number of allylic oxidation sites excluding steroid dienone is 1. The van der Waals surface area contributed by atoms with E-state index in [2.05, 4.69) is 6.07 Å². The highest BCUT2D eigenvalue weighted by Crippen LogP contribution is 2.26. The third-order valence-corrected chi connectivity index (χ3v) is 2.29. The van der Waals surface area contributed by atoms with Crippen LogP contribution >= 0.6 is 0 Å². The zero-order valence-corrected chi connectivity index (χ0v) is 6.85. The molecule has 0 fully saturated rings. The molecule has 66 valence electrons. The lowest BCUT2D eigenvalue weighted by atomic mass is 9.82. The van der Waals surface area contributed by atoms with Crippen molar-refractivity contribution in [3.63, 3.8) is 0 Å². The van der Waals surface area contributed by atoms with Crippen LogP contribution in [0.25, 0.3) is 0 Å². The first-order valence-corrected chi connectivity index (χ1v) is 4.12. The molecule has 0 aromatic rings. The fourth-order valence-corrected chi connectivity index (χ4v) is 1.54. The summed E-state index contributed by atoms with van der Waals surface area (Å²) < 4.78 is 0. The second kappa shape index (κ2) is 4.24. The van der Waals surface area contributed by atoms with E-state index in [1.54, 1.807) is 6.08 Å². The van der Waals surface area contributed by atoms with Gasteiger partial charge in [0.1, 0.15) is 0 Å². The molecule has 0 aliphatic heterocycles. The van der Waals surface area contributed by atoms with Crippen molar-refractivity contribution in [3.05, 3.63) is 12.2 Å². The highest BCUT2D eigenvalue weighted by atomic mass is 16.3. The number of rotatable bonds is 2. The molecule has 0 saturated heterocycles. The van der Waals surface area contributed by atoms with Gasteiger partial charge in [0.05, 0.1) is 12.2 Å². The molecule has 1 rings (SSSR count). The smallest absolute Gasteiger partial charge is 0.0724 e. The third-order valence-electron chi connectivity index (χ3n) is 2.29. The highest BCUT2D eigenvalue weighted by molar-refractivity contribution is 5.04. The van der Waals surface area contributed by atoms with E-state index < -0.39 is 6.10 Å². The maximum atomic E-state index is 9.22. The van der Waals surface area contributed by atoms with Gasteiger partial charge in [-0.05, 0) is 18.3 Å². The molecule has 0 saturated carbocycles. The Morgan fingerprint density at radius 2 is 2.25 bits per heavy atom. The first-order chi connectivity index (χ1) is 5.77. The summed E-state index contributed by atoms with van der Waals surface area (Å²) in [5, 5.41) is 26.6. The molecule has 0 aromatic carbocycles. The number of aliphatic hydroxyl groups is 2. The van der Waals surface area contributed by atoms with E-state index in [-0.39, 0.29) is 18.4 Å². The number of nitrogens with zero attached hydrogens (tertiary/aromatic N) is 1. The molecule has 0 unspecified atom stereocenters. The lowest BCUT2D eigenvalue weighted by molar-refractivity contribution is 0.114. The Labute approximate surface area is 71.9 Å². The van der Waals surface area contributed by atoms with E-state index in [1.165, 1.54) is 0 Å². The lowest BCUT2D eigenvalue weighted by Crippen LogP contribution is -2.25. The summed E-state index contributed by atoms with van der Waals surface area (Å²) in [6.07, 6.45) is 4.08. The minimum atomic E-state index is -0.447. The van der Waals surface area contributed by atoms with Gasteiger partial charge in [-0.1, -0.05) is 12.2 Å². The van der Waals surface area contributed by atoms with Crippen molar-refractivity contribution < 1.29 is 10.2 Å². The molecule has 1 aliphatic carbocycles. The molecule has 0 amide bonds. The molecule has 1 aliphatic rings. The summed E-state index contributed by atoms with van der Waals surface area (Å²) in [4.78, 5) is 0. The van der Waals surface area contributed by atoms with Gasteiger partial charge in [0, 0.05) is 13.0 Å². The zero-order chi connectivity index (χ0) is 8.97. The number of aliphatic hydroxyl groups excluding tert-OH is 2. The van der Waals surface area contributed by atoms with Gasteiger partial charge >= 0.3 is 0 Å². The summed E-state index contributed by atoms with van der Waals surface area (Å²) >= 11 is 0. The molecule has 3 heteroatoms. The molecule has 3 nitrogen and oxygen atoms in total. The normalized spacial score (nSPS) is 34.6. The van der Waals surface area contributed by atoms with Crippen LogP contribution in [0.15, 0.2) is 12.2 Å². The highest BCUT2D eigenvalue weighted by Gasteiger charge is 2.24. The minimum Gasteiger partial charge on any atom is -0.396 e. The van der Waals surface area contributed by atoms with E-state index >= 15 is 0 Å². The van der Waals surface area contributed by atoms with Crippen LogP contribution in [0.1, 0.15) is 12.8 Å². The molecule has 0 spiro atoms. The van der Waals surface area contributed by atoms with Gasteiger partial charge in [0.15, 0.2) is 0 Å². The van der Waals surface area contributed by atoms with Gasteiger partial charge in [-0.15, -0.1) is 0 Å². The molecular formula is C9H13NO2. The summed E-state index contributed by atoms with van der Waals surface area (Å²) in [6, 6.07) is 2.07. The molecule has 12 heavy (non-hydrogen) atoms. The van der Waals surface area contributed by atoms with Crippen molar-refractivity contribution in [2.24, 2.45) is 11.8 Å². The fourth-order valence-electron chi connectivity index (χ4n) is 1.54. The van der Waals surface area contributed by atoms with Crippen LogP contribution in [0.5, 0.6) is 0 Å².